The zero-order valence-electron chi connectivity index (χ0n) is 12.1. The lowest BCUT2D eigenvalue weighted by molar-refractivity contribution is -0.384. The van der Waals surface area contributed by atoms with Crippen LogP contribution < -0.4 is 5.32 Å². The number of nitro groups is 1. The molecule has 0 fully saturated rings. The third kappa shape index (κ3) is 3.46. The van der Waals surface area contributed by atoms with Crippen LogP contribution in [0.1, 0.15) is 10.4 Å². The lowest BCUT2D eigenvalue weighted by atomic mass is 10.2. The van der Waals surface area contributed by atoms with Crippen molar-refractivity contribution >= 4 is 33.5 Å². The van der Waals surface area contributed by atoms with Crippen molar-refractivity contribution in [2.45, 2.75) is 0 Å². The third-order valence-corrected chi connectivity index (χ3v) is 3.62. The van der Waals surface area contributed by atoms with Gasteiger partial charge in [-0.05, 0) is 18.2 Å². The molecule has 1 amide bonds. The van der Waals surface area contributed by atoms with E-state index in [0.717, 1.165) is 10.0 Å². The van der Waals surface area contributed by atoms with Gasteiger partial charge in [0.2, 0.25) is 5.95 Å². The molecule has 0 radical (unpaired) electrons. The largest absolute Gasteiger partial charge is 0.289 e. The Morgan fingerprint density at radius 3 is 2.75 bits per heavy atom. The normalized spacial score (nSPS) is 10.4. The summed E-state index contributed by atoms with van der Waals surface area (Å²) in [6.07, 6.45) is 0. The summed E-state index contributed by atoms with van der Waals surface area (Å²) in [6.45, 7) is 0. The molecular formula is C15H10BrN5O3. The molecule has 0 atom stereocenters. The summed E-state index contributed by atoms with van der Waals surface area (Å²) < 4.78 is 0.888. The van der Waals surface area contributed by atoms with Gasteiger partial charge in [-0.1, -0.05) is 34.1 Å². The number of rotatable bonds is 4. The topological polar surface area (TPSA) is 114 Å². The highest BCUT2D eigenvalue weighted by atomic mass is 79.9. The lowest BCUT2D eigenvalue weighted by Gasteiger charge is -2.00. The average Bonchev–Trinajstić information content (AvgIpc) is 3.03. The first kappa shape index (κ1) is 15.8. The van der Waals surface area contributed by atoms with Crippen molar-refractivity contribution in [2.75, 3.05) is 5.32 Å². The van der Waals surface area contributed by atoms with E-state index in [1.54, 1.807) is 0 Å². The summed E-state index contributed by atoms with van der Waals surface area (Å²) in [5.74, 6) is 0.0469. The van der Waals surface area contributed by atoms with Crippen molar-refractivity contribution in [1.82, 2.24) is 15.2 Å². The zero-order chi connectivity index (χ0) is 17.1. The van der Waals surface area contributed by atoms with E-state index in [4.69, 9.17) is 0 Å². The van der Waals surface area contributed by atoms with Crippen molar-refractivity contribution < 1.29 is 9.72 Å². The first-order valence-electron chi connectivity index (χ1n) is 6.77. The Balaban J connectivity index is 1.78. The first-order valence-corrected chi connectivity index (χ1v) is 7.56. The number of benzene rings is 2. The molecule has 0 bridgehead atoms. The van der Waals surface area contributed by atoms with Crippen LogP contribution in [0.15, 0.2) is 53.0 Å². The van der Waals surface area contributed by atoms with Crippen LogP contribution in [0, 0.1) is 10.1 Å². The summed E-state index contributed by atoms with van der Waals surface area (Å²) in [4.78, 5) is 26.5. The smallest absolute Gasteiger partial charge is 0.270 e. The van der Waals surface area contributed by atoms with E-state index >= 15 is 0 Å². The Hall–Kier alpha value is -3.07. The van der Waals surface area contributed by atoms with E-state index < -0.39 is 10.8 Å². The molecule has 0 aliphatic carbocycles. The molecule has 0 aliphatic heterocycles. The molecule has 0 saturated heterocycles. The fraction of sp³-hybridized carbons (Fsp3) is 0. The number of aromatic amines is 1. The Kier molecular flexibility index (Phi) is 4.34. The van der Waals surface area contributed by atoms with E-state index in [1.165, 1.54) is 24.3 Å². The van der Waals surface area contributed by atoms with Gasteiger partial charge < -0.3 is 0 Å². The third-order valence-electron chi connectivity index (χ3n) is 3.13. The predicted molar refractivity (Wildman–Crippen MR) is 90.6 cm³/mol. The van der Waals surface area contributed by atoms with E-state index in [2.05, 4.69) is 36.4 Å². The number of nitrogens with zero attached hydrogens (tertiary/aromatic N) is 3. The van der Waals surface area contributed by atoms with Crippen LogP contribution in [0.4, 0.5) is 11.6 Å². The van der Waals surface area contributed by atoms with Gasteiger partial charge in [0.05, 0.1) is 4.92 Å². The van der Waals surface area contributed by atoms with Crippen LogP contribution >= 0.6 is 15.9 Å². The number of anilines is 1. The van der Waals surface area contributed by atoms with Gasteiger partial charge in [0.25, 0.3) is 11.6 Å². The van der Waals surface area contributed by atoms with E-state index in [-0.39, 0.29) is 17.2 Å². The number of nitro benzene ring substituents is 1. The number of non-ortho nitro benzene ring substituents is 1. The second kappa shape index (κ2) is 6.59. The highest BCUT2D eigenvalue weighted by Gasteiger charge is 2.14. The second-order valence-corrected chi connectivity index (χ2v) is 5.70. The number of halogens is 1. The van der Waals surface area contributed by atoms with Gasteiger partial charge in [-0.25, -0.2) is 0 Å². The van der Waals surface area contributed by atoms with Crippen LogP contribution in [0.5, 0.6) is 0 Å². The summed E-state index contributed by atoms with van der Waals surface area (Å²) in [5.41, 5.74) is 0.790. The monoisotopic (exact) mass is 387 g/mol. The molecular weight excluding hydrogens is 378 g/mol. The van der Waals surface area contributed by atoms with E-state index in [0.29, 0.717) is 5.82 Å². The summed E-state index contributed by atoms with van der Waals surface area (Å²) >= 11 is 3.37. The minimum absolute atomic E-state index is 0.0847. The number of nitrogens with one attached hydrogen (secondary N) is 2. The number of carbonyl (C=O) groups is 1. The maximum Gasteiger partial charge on any atom is 0.270 e. The van der Waals surface area contributed by atoms with Crippen molar-refractivity contribution in [1.29, 1.82) is 0 Å². The van der Waals surface area contributed by atoms with Gasteiger partial charge >= 0.3 is 0 Å². The Labute approximate surface area is 144 Å². The number of H-pyrrole nitrogens is 1. The lowest BCUT2D eigenvalue weighted by Crippen LogP contribution is -2.13. The highest BCUT2D eigenvalue weighted by Crippen LogP contribution is 2.20. The van der Waals surface area contributed by atoms with Gasteiger partial charge in [0, 0.05) is 27.7 Å². The number of hydrogen-bond donors (Lipinski definition) is 2. The molecule has 0 spiro atoms. The van der Waals surface area contributed by atoms with Crippen LogP contribution in [0.2, 0.25) is 0 Å². The highest BCUT2D eigenvalue weighted by molar-refractivity contribution is 9.10. The van der Waals surface area contributed by atoms with Gasteiger partial charge in [-0.3, -0.25) is 25.3 Å². The maximum absolute atomic E-state index is 12.2. The molecule has 3 aromatic rings. The molecule has 9 heteroatoms. The van der Waals surface area contributed by atoms with Crippen molar-refractivity contribution in [2.24, 2.45) is 0 Å². The molecule has 1 heterocycles. The second-order valence-electron chi connectivity index (χ2n) is 4.78. The van der Waals surface area contributed by atoms with Crippen LogP contribution in [-0.2, 0) is 0 Å². The van der Waals surface area contributed by atoms with Crippen LogP contribution in [-0.4, -0.2) is 26.0 Å². The molecule has 2 N–H and O–H groups in total. The van der Waals surface area contributed by atoms with E-state index in [1.807, 2.05) is 24.3 Å². The Morgan fingerprint density at radius 1 is 1.21 bits per heavy atom. The van der Waals surface area contributed by atoms with Gasteiger partial charge in [0.15, 0.2) is 5.82 Å². The minimum Gasteiger partial charge on any atom is -0.289 e. The molecule has 2 aromatic carbocycles. The average molecular weight is 388 g/mol. The minimum atomic E-state index is -0.561. The molecule has 0 aliphatic rings. The molecule has 3 rings (SSSR count). The number of aromatic nitrogens is 3. The van der Waals surface area contributed by atoms with Crippen molar-refractivity contribution in [3.8, 4) is 11.4 Å². The number of amides is 1. The SMILES string of the molecule is O=C(Nc1n[nH]c(-c2cccc(Br)c2)n1)c1cccc([N+](=O)[O-])c1. The molecule has 1 aromatic heterocycles. The van der Waals surface area contributed by atoms with Crippen LogP contribution in [0.25, 0.3) is 11.4 Å². The molecule has 0 saturated carbocycles. The maximum atomic E-state index is 12.2. The van der Waals surface area contributed by atoms with Crippen LogP contribution in [0.3, 0.4) is 0 Å². The molecule has 24 heavy (non-hydrogen) atoms. The zero-order valence-corrected chi connectivity index (χ0v) is 13.6. The number of hydrogen-bond acceptors (Lipinski definition) is 5. The number of carbonyl (C=O) groups excluding carboxylic acids is 1. The summed E-state index contributed by atoms with van der Waals surface area (Å²) in [5, 5.41) is 19.9. The Bertz CT molecular complexity index is 925. The fourth-order valence-electron chi connectivity index (χ4n) is 2.02. The summed E-state index contributed by atoms with van der Waals surface area (Å²) in [6, 6.07) is 12.9. The van der Waals surface area contributed by atoms with Gasteiger partial charge in [-0.15, -0.1) is 5.10 Å². The molecule has 8 nitrogen and oxygen atoms in total. The fourth-order valence-corrected chi connectivity index (χ4v) is 2.42. The molecule has 120 valence electrons. The van der Waals surface area contributed by atoms with E-state index in [9.17, 15) is 14.9 Å². The molecule has 0 unspecified atom stereocenters. The predicted octanol–water partition coefficient (Wildman–Crippen LogP) is 3.39. The standard InChI is InChI=1S/C15H10BrN5O3/c16-11-5-1-3-9(7-11)13-17-15(20-19-13)18-14(22)10-4-2-6-12(8-10)21(23)24/h1-8H,(H2,17,18,19,20,22). The first-order chi connectivity index (χ1) is 11.5. The quantitative estimate of drug-likeness (QED) is 0.525. The Morgan fingerprint density at radius 2 is 2.00 bits per heavy atom. The van der Waals surface area contributed by atoms with Gasteiger partial charge in [0.1, 0.15) is 0 Å². The summed E-state index contributed by atoms with van der Waals surface area (Å²) in [7, 11) is 0. The van der Waals surface area contributed by atoms with Gasteiger partial charge in [-0.2, -0.15) is 4.98 Å². The van der Waals surface area contributed by atoms with Crippen molar-refractivity contribution in [3.63, 3.8) is 0 Å². The van der Waals surface area contributed by atoms with Crippen molar-refractivity contribution in [3.05, 3.63) is 68.7 Å².